The van der Waals surface area contributed by atoms with E-state index in [1.165, 1.54) is 4.68 Å². The number of nitrogens with one attached hydrogen (secondary N) is 1. The fraction of sp³-hybridized carbons (Fsp3) is 0.100. The fourth-order valence-electron chi connectivity index (χ4n) is 1.44. The molecule has 2 aromatic rings. The second-order valence-electron chi connectivity index (χ2n) is 3.13. The number of hydrogen-bond acceptors (Lipinski definition) is 2. The number of H-pyrrole nitrogens is 1. The molecule has 0 atom stereocenters. The lowest BCUT2D eigenvalue weighted by Crippen LogP contribution is -2.03. The highest BCUT2D eigenvalue weighted by molar-refractivity contribution is 5.73. The van der Waals surface area contributed by atoms with Crippen LogP contribution in [0.5, 0.6) is 0 Å². The standard InChI is InChI=1S/C10H11N3O/c1-13-9(11)8(10(14)12-13)7-5-3-2-4-6-7/h2-6H,11H2,1H3,(H,12,14). The Bertz CT molecular complexity index is 496. The van der Waals surface area contributed by atoms with Gasteiger partial charge in [-0.05, 0) is 5.56 Å². The molecule has 0 fully saturated rings. The van der Waals surface area contributed by atoms with Crippen molar-refractivity contribution in [1.82, 2.24) is 9.78 Å². The highest BCUT2D eigenvalue weighted by Crippen LogP contribution is 2.20. The first kappa shape index (κ1) is 8.62. The molecule has 0 bridgehead atoms. The maximum absolute atomic E-state index is 11.5. The van der Waals surface area contributed by atoms with Crippen LogP contribution in [0.15, 0.2) is 35.1 Å². The van der Waals surface area contributed by atoms with Crippen LogP contribution in [0.1, 0.15) is 0 Å². The normalized spacial score (nSPS) is 10.4. The lowest BCUT2D eigenvalue weighted by atomic mass is 10.1. The Balaban J connectivity index is 2.69. The van der Waals surface area contributed by atoms with Gasteiger partial charge in [0, 0.05) is 7.05 Å². The minimum atomic E-state index is -0.156. The molecule has 0 aliphatic rings. The molecule has 2 rings (SSSR count). The van der Waals surface area contributed by atoms with E-state index in [2.05, 4.69) is 5.10 Å². The lowest BCUT2D eigenvalue weighted by molar-refractivity contribution is 0.767. The van der Waals surface area contributed by atoms with Gasteiger partial charge in [0.2, 0.25) is 0 Å². The molecule has 3 N–H and O–H groups in total. The third-order valence-corrected chi connectivity index (χ3v) is 2.18. The van der Waals surface area contributed by atoms with Crippen molar-refractivity contribution in [3.8, 4) is 11.1 Å². The van der Waals surface area contributed by atoms with Gasteiger partial charge in [-0.2, -0.15) is 0 Å². The van der Waals surface area contributed by atoms with E-state index in [-0.39, 0.29) is 5.56 Å². The molecule has 1 heterocycles. The molecule has 4 nitrogen and oxygen atoms in total. The minimum Gasteiger partial charge on any atom is -0.383 e. The average Bonchev–Trinajstić information content (AvgIpc) is 2.43. The van der Waals surface area contributed by atoms with E-state index in [9.17, 15) is 4.79 Å². The third-order valence-electron chi connectivity index (χ3n) is 2.18. The Morgan fingerprint density at radius 1 is 1.29 bits per heavy atom. The Labute approximate surface area is 81.0 Å². The van der Waals surface area contributed by atoms with Crippen molar-refractivity contribution in [2.45, 2.75) is 0 Å². The number of anilines is 1. The van der Waals surface area contributed by atoms with Crippen LogP contribution >= 0.6 is 0 Å². The first-order valence-electron chi connectivity index (χ1n) is 4.30. The number of aromatic amines is 1. The van der Waals surface area contributed by atoms with Gasteiger partial charge in [0.1, 0.15) is 5.82 Å². The van der Waals surface area contributed by atoms with Gasteiger partial charge in [0.05, 0.1) is 5.56 Å². The van der Waals surface area contributed by atoms with Crippen molar-refractivity contribution in [3.05, 3.63) is 40.7 Å². The van der Waals surface area contributed by atoms with E-state index in [0.29, 0.717) is 11.4 Å². The van der Waals surface area contributed by atoms with Crippen molar-refractivity contribution in [2.75, 3.05) is 5.73 Å². The Morgan fingerprint density at radius 2 is 1.93 bits per heavy atom. The molecule has 1 aromatic heterocycles. The van der Waals surface area contributed by atoms with Gasteiger partial charge in [0.15, 0.2) is 0 Å². The number of nitrogens with two attached hydrogens (primary N) is 1. The molecular formula is C10H11N3O. The summed E-state index contributed by atoms with van der Waals surface area (Å²) in [7, 11) is 1.71. The minimum absolute atomic E-state index is 0.156. The molecule has 72 valence electrons. The number of nitrogen functional groups attached to an aromatic ring is 1. The lowest BCUT2D eigenvalue weighted by Gasteiger charge is -1.98. The van der Waals surface area contributed by atoms with Gasteiger partial charge in [-0.3, -0.25) is 14.6 Å². The van der Waals surface area contributed by atoms with Gasteiger partial charge in [-0.15, -0.1) is 0 Å². The van der Waals surface area contributed by atoms with Gasteiger partial charge in [-0.1, -0.05) is 30.3 Å². The first-order chi connectivity index (χ1) is 6.70. The molecular weight excluding hydrogens is 178 g/mol. The largest absolute Gasteiger partial charge is 0.383 e. The van der Waals surface area contributed by atoms with Crippen LogP contribution in [-0.2, 0) is 7.05 Å². The van der Waals surface area contributed by atoms with E-state index in [4.69, 9.17) is 5.73 Å². The Kier molecular flexibility index (Phi) is 1.89. The smallest absolute Gasteiger partial charge is 0.274 e. The van der Waals surface area contributed by atoms with Crippen molar-refractivity contribution in [2.24, 2.45) is 7.05 Å². The molecule has 1 aromatic carbocycles. The van der Waals surface area contributed by atoms with Gasteiger partial charge in [-0.25, -0.2) is 0 Å². The molecule has 4 heteroatoms. The number of aryl methyl sites for hydroxylation is 1. The predicted molar refractivity (Wildman–Crippen MR) is 55.9 cm³/mol. The topological polar surface area (TPSA) is 63.8 Å². The fourth-order valence-corrected chi connectivity index (χ4v) is 1.44. The molecule has 0 aliphatic heterocycles. The SMILES string of the molecule is Cn1[nH]c(=O)c(-c2ccccc2)c1N. The van der Waals surface area contributed by atoms with E-state index in [1.807, 2.05) is 30.3 Å². The summed E-state index contributed by atoms with van der Waals surface area (Å²) < 4.78 is 1.52. The van der Waals surface area contributed by atoms with Crippen molar-refractivity contribution in [1.29, 1.82) is 0 Å². The second-order valence-corrected chi connectivity index (χ2v) is 3.13. The van der Waals surface area contributed by atoms with Crippen LogP contribution < -0.4 is 11.3 Å². The van der Waals surface area contributed by atoms with Crippen molar-refractivity contribution < 1.29 is 0 Å². The Hall–Kier alpha value is -1.97. The zero-order valence-electron chi connectivity index (χ0n) is 7.82. The van der Waals surface area contributed by atoms with E-state index >= 15 is 0 Å². The maximum Gasteiger partial charge on any atom is 0.274 e. The summed E-state index contributed by atoms with van der Waals surface area (Å²) in [6.07, 6.45) is 0. The zero-order chi connectivity index (χ0) is 10.1. The van der Waals surface area contributed by atoms with Gasteiger partial charge >= 0.3 is 0 Å². The highest BCUT2D eigenvalue weighted by Gasteiger charge is 2.10. The quantitative estimate of drug-likeness (QED) is 0.701. The maximum atomic E-state index is 11.5. The van der Waals surface area contributed by atoms with Crippen molar-refractivity contribution >= 4 is 5.82 Å². The zero-order valence-corrected chi connectivity index (χ0v) is 7.82. The number of rotatable bonds is 1. The number of hydrogen-bond donors (Lipinski definition) is 2. The molecule has 14 heavy (non-hydrogen) atoms. The summed E-state index contributed by atoms with van der Waals surface area (Å²) >= 11 is 0. The molecule has 0 amide bonds. The summed E-state index contributed by atoms with van der Waals surface area (Å²) in [6, 6.07) is 9.38. The predicted octanol–water partition coefficient (Wildman–Crippen LogP) is 0.963. The molecule has 0 spiro atoms. The van der Waals surface area contributed by atoms with Gasteiger partial charge in [0.25, 0.3) is 5.56 Å². The third kappa shape index (κ3) is 1.21. The molecule has 0 saturated carbocycles. The summed E-state index contributed by atoms with van der Waals surface area (Å²) in [5, 5.41) is 2.61. The highest BCUT2D eigenvalue weighted by atomic mass is 16.1. The van der Waals surface area contributed by atoms with Crippen LogP contribution in [0.3, 0.4) is 0 Å². The molecule has 0 aliphatic carbocycles. The number of nitrogens with zero attached hydrogens (tertiary/aromatic N) is 1. The summed E-state index contributed by atoms with van der Waals surface area (Å²) in [4.78, 5) is 11.5. The molecule has 0 unspecified atom stereocenters. The second kappa shape index (κ2) is 3.06. The van der Waals surface area contributed by atoms with Crippen LogP contribution in [0, 0.1) is 0 Å². The van der Waals surface area contributed by atoms with Crippen LogP contribution in [0.2, 0.25) is 0 Å². The van der Waals surface area contributed by atoms with E-state index in [0.717, 1.165) is 5.56 Å². The van der Waals surface area contributed by atoms with E-state index < -0.39 is 0 Å². The molecule has 0 saturated heterocycles. The summed E-state index contributed by atoms with van der Waals surface area (Å²) in [5.74, 6) is 0.459. The number of benzene rings is 1. The Morgan fingerprint density at radius 3 is 2.43 bits per heavy atom. The van der Waals surface area contributed by atoms with E-state index in [1.54, 1.807) is 7.05 Å². The summed E-state index contributed by atoms with van der Waals surface area (Å²) in [5.41, 5.74) is 6.99. The molecule has 0 radical (unpaired) electrons. The van der Waals surface area contributed by atoms with Gasteiger partial charge < -0.3 is 5.73 Å². The van der Waals surface area contributed by atoms with Crippen molar-refractivity contribution in [3.63, 3.8) is 0 Å². The first-order valence-corrected chi connectivity index (χ1v) is 4.30. The van der Waals surface area contributed by atoms with Crippen LogP contribution in [0.4, 0.5) is 5.82 Å². The van der Waals surface area contributed by atoms with Crippen LogP contribution in [-0.4, -0.2) is 9.78 Å². The number of aromatic nitrogens is 2. The van der Waals surface area contributed by atoms with Crippen LogP contribution in [0.25, 0.3) is 11.1 Å². The average molecular weight is 189 g/mol. The summed E-state index contributed by atoms with van der Waals surface area (Å²) in [6.45, 7) is 0. The monoisotopic (exact) mass is 189 g/mol.